The summed E-state index contributed by atoms with van der Waals surface area (Å²) in [6.07, 6.45) is 8.38. The van der Waals surface area contributed by atoms with Crippen molar-refractivity contribution in [3.05, 3.63) is 78.4 Å². The molecule has 1 saturated carbocycles. The quantitative estimate of drug-likeness (QED) is 0.408. The highest BCUT2D eigenvalue weighted by atomic mass is 16.6. The standard InChI is InChI=1S/C33H41N7O2/c1-35-32(41)42-31-9-5-8-30(31)33(22-39-23-36-37-24-39,27-6-3-2-4-7-27)28-14-16-38(17-15-28)19-26-20-40(21-26)29-12-10-25(18-34)11-13-29/h2-4,6-7,10-13,23-24,26,28,30-31H,5,8-9,14-17,19-22H2,1H3,(H,35,41). The minimum Gasteiger partial charge on any atom is -0.446 e. The maximum absolute atomic E-state index is 12.4. The number of likely N-dealkylation sites (tertiary alicyclic amines) is 1. The minimum atomic E-state index is -0.344. The number of aromatic nitrogens is 3. The first-order valence-electron chi connectivity index (χ1n) is 15.3. The lowest BCUT2D eigenvalue weighted by Gasteiger charge is -2.51. The Hall–Kier alpha value is -3.90. The molecule has 220 valence electrons. The Balaban J connectivity index is 1.18. The SMILES string of the molecule is CNC(=O)OC1CCCC1C(Cn1cnnc1)(c1ccccc1)C1CCN(CC2CN(c3ccc(C#N)cc3)C2)CC1. The van der Waals surface area contributed by atoms with Crippen LogP contribution in [0, 0.1) is 29.1 Å². The zero-order valence-electron chi connectivity index (χ0n) is 24.4. The number of carbonyl (C=O) groups excluding carboxylic acids is 1. The first-order valence-corrected chi connectivity index (χ1v) is 15.3. The molecule has 9 heteroatoms. The van der Waals surface area contributed by atoms with Gasteiger partial charge >= 0.3 is 6.09 Å². The van der Waals surface area contributed by atoms with E-state index in [2.05, 4.69) is 78.4 Å². The van der Waals surface area contributed by atoms with E-state index in [0.717, 1.165) is 71.4 Å². The monoisotopic (exact) mass is 567 g/mol. The van der Waals surface area contributed by atoms with Crippen molar-refractivity contribution in [1.29, 1.82) is 5.26 Å². The lowest BCUT2D eigenvalue weighted by molar-refractivity contribution is 0.00199. The van der Waals surface area contributed by atoms with Gasteiger partial charge in [-0.2, -0.15) is 5.26 Å². The predicted octanol–water partition coefficient (Wildman–Crippen LogP) is 4.46. The second kappa shape index (κ2) is 12.5. The van der Waals surface area contributed by atoms with Crippen molar-refractivity contribution in [3.63, 3.8) is 0 Å². The number of nitriles is 1. The summed E-state index contributed by atoms with van der Waals surface area (Å²) < 4.78 is 8.17. The number of nitrogens with one attached hydrogen (secondary N) is 1. The molecule has 0 radical (unpaired) electrons. The fraction of sp³-hybridized carbons (Fsp3) is 0.515. The van der Waals surface area contributed by atoms with Gasteiger partial charge in [0.15, 0.2) is 0 Å². The fourth-order valence-corrected chi connectivity index (χ4v) is 7.94. The number of ether oxygens (including phenoxy) is 1. The van der Waals surface area contributed by atoms with Crippen LogP contribution in [-0.4, -0.2) is 71.6 Å². The van der Waals surface area contributed by atoms with Gasteiger partial charge in [-0.1, -0.05) is 30.3 Å². The van der Waals surface area contributed by atoms with E-state index in [1.807, 2.05) is 24.8 Å². The Morgan fingerprint density at radius 3 is 2.40 bits per heavy atom. The van der Waals surface area contributed by atoms with Crippen molar-refractivity contribution in [2.24, 2.45) is 17.8 Å². The van der Waals surface area contributed by atoms with E-state index in [4.69, 9.17) is 10.00 Å². The molecule has 0 bridgehead atoms. The molecule has 2 saturated heterocycles. The van der Waals surface area contributed by atoms with E-state index >= 15 is 0 Å². The van der Waals surface area contributed by atoms with Gasteiger partial charge in [-0.15, -0.1) is 10.2 Å². The summed E-state index contributed by atoms with van der Waals surface area (Å²) >= 11 is 0. The normalized spacial score (nSPS) is 23.1. The second-order valence-corrected chi connectivity index (χ2v) is 12.3. The van der Waals surface area contributed by atoms with Gasteiger partial charge in [-0.3, -0.25) is 0 Å². The number of alkyl carbamates (subject to hydrolysis) is 1. The van der Waals surface area contributed by atoms with Crippen molar-refractivity contribution < 1.29 is 9.53 Å². The van der Waals surface area contributed by atoms with Gasteiger partial charge in [0, 0.05) is 56.2 Å². The zero-order valence-corrected chi connectivity index (χ0v) is 24.4. The maximum atomic E-state index is 12.4. The van der Waals surface area contributed by atoms with Crippen LogP contribution in [0.3, 0.4) is 0 Å². The van der Waals surface area contributed by atoms with Crippen LogP contribution < -0.4 is 10.2 Å². The van der Waals surface area contributed by atoms with E-state index < -0.39 is 0 Å². The summed E-state index contributed by atoms with van der Waals surface area (Å²) in [5, 5.41) is 20.0. The van der Waals surface area contributed by atoms with Crippen LogP contribution in [-0.2, 0) is 16.7 Å². The third-order valence-corrected chi connectivity index (χ3v) is 9.95. The van der Waals surface area contributed by atoms with E-state index in [9.17, 15) is 4.79 Å². The second-order valence-electron chi connectivity index (χ2n) is 12.3. The lowest BCUT2D eigenvalue weighted by atomic mass is 9.58. The maximum Gasteiger partial charge on any atom is 0.407 e. The molecule has 6 rings (SSSR count). The highest BCUT2D eigenvalue weighted by molar-refractivity contribution is 5.67. The largest absolute Gasteiger partial charge is 0.446 e. The Kier molecular flexibility index (Phi) is 8.43. The number of benzene rings is 2. The van der Waals surface area contributed by atoms with E-state index in [1.54, 1.807) is 7.05 Å². The Labute approximate surface area is 248 Å². The highest BCUT2D eigenvalue weighted by Crippen LogP contribution is 2.52. The van der Waals surface area contributed by atoms with E-state index in [1.165, 1.54) is 11.3 Å². The molecule has 3 heterocycles. The number of piperidine rings is 1. The molecule has 3 aromatic rings. The molecule has 3 aliphatic rings. The van der Waals surface area contributed by atoms with Crippen LogP contribution in [0.5, 0.6) is 0 Å². The molecule has 1 N–H and O–H groups in total. The number of nitrogens with zero attached hydrogens (tertiary/aromatic N) is 6. The van der Waals surface area contributed by atoms with Gasteiger partial charge in [0.2, 0.25) is 0 Å². The average Bonchev–Trinajstić information content (AvgIpc) is 3.71. The molecule has 1 aliphatic carbocycles. The van der Waals surface area contributed by atoms with Gasteiger partial charge in [0.25, 0.3) is 0 Å². The molecular weight excluding hydrogens is 526 g/mol. The van der Waals surface area contributed by atoms with E-state index in [-0.39, 0.29) is 23.5 Å². The van der Waals surface area contributed by atoms with Crippen LogP contribution >= 0.6 is 0 Å². The molecule has 3 unspecified atom stereocenters. The molecule has 42 heavy (non-hydrogen) atoms. The number of anilines is 1. The molecule has 3 atom stereocenters. The van der Waals surface area contributed by atoms with Crippen LogP contribution in [0.4, 0.5) is 10.5 Å². The summed E-state index contributed by atoms with van der Waals surface area (Å²) in [5.74, 6) is 1.31. The van der Waals surface area contributed by atoms with E-state index in [0.29, 0.717) is 17.4 Å². The summed E-state index contributed by atoms with van der Waals surface area (Å²) in [6.45, 7) is 6.16. The Morgan fingerprint density at radius 1 is 1.02 bits per heavy atom. The van der Waals surface area contributed by atoms with Crippen molar-refractivity contribution in [1.82, 2.24) is 25.0 Å². The number of rotatable bonds is 9. The molecule has 9 nitrogen and oxygen atoms in total. The van der Waals surface area contributed by atoms with Gasteiger partial charge in [0.1, 0.15) is 18.8 Å². The summed E-state index contributed by atoms with van der Waals surface area (Å²) in [6, 6.07) is 21.1. The van der Waals surface area contributed by atoms with Gasteiger partial charge in [-0.25, -0.2) is 4.79 Å². The molecule has 2 aliphatic heterocycles. The number of carbonyl (C=O) groups is 1. The molecular formula is C33H41N7O2. The third-order valence-electron chi connectivity index (χ3n) is 9.95. The molecule has 0 spiro atoms. The van der Waals surface area contributed by atoms with Crippen LogP contribution in [0.25, 0.3) is 0 Å². The molecule has 1 amide bonds. The summed E-state index contributed by atoms with van der Waals surface area (Å²) in [7, 11) is 1.63. The van der Waals surface area contributed by atoms with Crippen molar-refractivity contribution in [2.45, 2.75) is 50.2 Å². The zero-order chi connectivity index (χ0) is 28.9. The number of hydrogen-bond acceptors (Lipinski definition) is 7. The van der Waals surface area contributed by atoms with Crippen molar-refractivity contribution in [3.8, 4) is 6.07 Å². The van der Waals surface area contributed by atoms with Gasteiger partial charge < -0.3 is 24.4 Å². The predicted molar refractivity (Wildman–Crippen MR) is 161 cm³/mol. The number of amides is 1. The first-order chi connectivity index (χ1) is 20.6. The highest BCUT2D eigenvalue weighted by Gasteiger charge is 2.53. The summed E-state index contributed by atoms with van der Waals surface area (Å²) in [4.78, 5) is 17.5. The first kappa shape index (κ1) is 28.2. The molecule has 2 aromatic carbocycles. The van der Waals surface area contributed by atoms with Crippen LogP contribution in [0.15, 0.2) is 67.3 Å². The number of hydrogen-bond donors (Lipinski definition) is 1. The smallest absolute Gasteiger partial charge is 0.407 e. The lowest BCUT2D eigenvalue weighted by Crippen LogP contribution is -2.55. The van der Waals surface area contributed by atoms with Crippen LogP contribution in [0.2, 0.25) is 0 Å². The van der Waals surface area contributed by atoms with Crippen molar-refractivity contribution >= 4 is 11.8 Å². The van der Waals surface area contributed by atoms with Gasteiger partial charge in [0.05, 0.1) is 11.6 Å². The molecule has 3 fully saturated rings. The Bertz CT molecular complexity index is 1340. The topological polar surface area (TPSA) is 99.3 Å². The Morgan fingerprint density at radius 2 is 1.74 bits per heavy atom. The fourth-order valence-electron chi connectivity index (χ4n) is 7.94. The van der Waals surface area contributed by atoms with Crippen LogP contribution in [0.1, 0.15) is 43.2 Å². The van der Waals surface area contributed by atoms with Crippen molar-refractivity contribution in [2.75, 3.05) is 44.7 Å². The third kappa shape index (κ3) is 5.73. The summed E-state index contributed by atoms with van der Waals surface area (Å²) in [5.41, 5.74) is 3.04. The minimum absolute atomic E-state index is 0.122. The van der Waals surface area contributed by atoms with Gasteiger partial charge in [-0.05, 0) is 80.9 Å². The molecule has 1 aromatic heterocycles. The average molecular weight is 568 g/mol.